The lowest BCUT2D eigenvalue weighted by Crippen LogP contribution is -2.31. The van der Waals surface area contributed by atoms with E-state index >= 15 is 0 Å². The highest BCUT2D eigenvalue weighted by atomic mass is 15.1. The zero-order valence-corrected chi connectivity index (χ0v) is 10.5. The molecule has 1 fully saturated rings. The van der Waals surface area contributed by atoms with Gasteiger partial charge in [0.1, 0.15) is 6.33 Å². The molecule has 1 unspecified atom stereocenters. The normalized spacial score (nSPS) is 21.1. The lowest BCUT2D eigenvalue weighted by Gasteiger charge is -2.29. The molecule has 0 spiro atoms. The molecule has 0 radical (unpaired) electrons. The van der Waals surface area contributed by atoms with Crippen molar-refractivity contribution in [2.24, 2.45) is 0 Å². The Morgan fingerprint density at radius 2 is 2.22 bits per heavy atom. The molecule has 0 saturated carbocycles. The molecule has 2 aromatic heterocycles. The van der Waals surface area contributed by atoms with Crippen LogP contribution in [0.5, 0.6) is 0 Å². The molecule has 1 saturated heterocycles. The quantitative estimate of drug-likeness (QED) is 0.801. The van der Waals surface area contributed by atoms with Crippen molar-refractivity contribution >= 4 is 0 Å². The topological polar surface area (TPSA) is 46.8 Å². The zero-order valence-electron chi connectivity index (χ0n) is 10.5. The number of aromatic nitrogens is 4. The maximum absolute atomic E-state index is 4.56. The van der Waals surface area contributed by atoms with Crippen LogP contribution in [0.3, 0.4) is 0 Å². The zero-order chi connectivity index (χ0) is 12.4. The number of hydrogen-bond donors (Lipinski definition) is 0. The number of rotatable bonds is 2. The molecule has 1 atom stereocenters. The SMILES string of the molecule is CN1CCCC(c2cnc(-n3ccnc3)cn2)C1. The van der Waals surface area contributed by atoms with Gasteiger partial charge in [0.2, 0.25) is 0 Å². The first kappa shape index (κ1) is 11.3. The Bertz CT molecular complexity index is 491. The fraction of sp³-hybridized carbons (Fsp3) is 0.462. The molecule has 18 heavy (non-hydrogen) atoms. The Morgan fingerprint density at radius 1 is 1.28 bits per heavy atom. The minimum absolute atomic E-state index is 0.521. The van der Waals surface area contributed by atoms with Crippen LogP contribution >= 0.6 is 0 Å². The van der Waals surface area contributed by atoms with Gasteiger partial charge >= 0.3 is 0 Å². The Kier molecular flexibility index (Phi) is 3.06. The van der Waals surface area contributed by atoms with Crippen molar-refractivity contribution in [1.82, 2.24) is 24.4 Å². The minimum atomic E-state index is 0.521. The monoisotopic (exact) mass is 243 g/mol. The van der Waals surface area contributed by atoms with Crippen LogP contribution in [-0.4, -0.2) is 44.6 Å². The van der Waals surface area contributed by atoms with E-state index in [2.05, 4.69) is 26.9 Å². The summed E-state index contributed by atoms with van der Waals surface area (Å²) < 4.78 is 1.86. The van der Waals surface area contributed by atoms with Gasteiger partial charge in [-0.15, -0.1) is 0 Å². The summed E-state index contributed by atoms with van der Waals surface area (Å²) >= 11 is 0. The van der Waals surface area contributed by atoms with Gasteiger partial charge in [0.15, 0.2) is 5.82 Å². The van der Waals surface area contributed by atoms with Gasteiger partial charge in [0.05, 0.1) is 18.1 Å². The molecule has 94 valence electrons. The van der Waals surface area contributed by atoms with Crippen LogP contribution in [0.4, 0.5) is 0 Å². The third-order valence-corrected chi connectivity index (χ3v) is 3.47. The summed E-state index contributed by atoms with van der Waals surface area (Å²) in [6, 6.07) is 0. The summed E-state index contributed by atoms with van der Waals surface area (Å²) in [6.07, 6.45) is 11.5. The van der Waals surface area contributed by atoms with E-state index in [-0.39, 0.29) is 0 Å². The first-order valence-electron chi connectivity index (χ1n) is 6.32. The van der Waals surface area contributed by atoms with Crippen molar-refractivity contribution in [1.29, 1.82) is 0 Å². The molecule has 3 heterocycles. The van der Waals surface area contributed by atoms with Crippen molar-refractivity contribution in [2.75, 3.05) is 20.1 Å². The van der Waals surface area contributed by atoms with Gasteiger partial charge in [-0.25, -0.2) is 9.97 Å². The van der Waals surface area contributed by atoms with Crippen molar-refractivity contribution in [3.63, 3.8) is 0 Å². The summed E-state index contributed by atoms with van der Waals surface area (Å²) in [6.45, 7) is 2.27. The van der Waals surface area contributed by atoms with Crippen LogP contribution in [0.2, 0.25) is 0 Å². The highest BCUT2D eigenvalue weighted by molar-refractivity contribution is 5.20. The maximum atomic E-state index is 4.56. The highest BCUT2D eigenvalue weighted by Crippen LogP contribution is 2.24. The standard InChI is InChI=1S/C13H17N5/c1-17-5-2-3-11(9-17)12-7-16-13(8-15-12)18-6-4-14-10-18/h4,6-8,10-11H,2-3,5,9H2,1H3. The van der Waals surface area contributed by atoms with Crippen molar-refractivity contribution in [3.8, 4) is 5.82 Å². The summed E-state index contributed by atoms with van der Waals surface area (Å²) in [4.78, 5) is 15.4. The number of likely N-dealkylation sites (N-methyl/N-ethyl adjacent to an activating group) is 1. The van der Waals surface area contributed by atoms with Crippen molar-refractivity contribution in [3.05, 3.63) is 36.8 Å². The number of likely N-dealkylation sites (tertiary alicyclic amines) is 1. The summed E-state index contributed by atoms with van der Waals surface area (Å²) in [5.74, 6) is 1.34. The van der Waals surface area contributed by atoms with Crippen LogP contribution in [0.15, 0.2) is 31.1 Å². The van der Waals surface area contributed by atoms with E-state index in [4.69, 9.17) is 0 Å². The van der Waals surface area contributed by atoms with Gasteiger partial charge in [0, 0.05) is 24.9 Å². The van der Waals surface area contributed by atoms with Crippen LogP contribution in [-0.2, 0) is 0 Å². The third-order valence-electron chi connectivity index (χ3n) is 3.47. The van der Waals surface area contributed by atoms with E-state index in [9.17, 15) is 0 Å². The van der Waals surface area contributed by atoms with E-state index in [0.29, 0.717) is 5.92 Å². The predicted molar refractivity (Wildman–Crippen MR) is 68.6 cm³/mol. The van der Waals surface area contributed by atoms with Gasteiger partial charge < -0.3 is 4.90 Å². The maximum Gasteiger partial charge on any atom is 0.156 e. The summed E-state index contributed by atoms with van der Waals surface area (Å²) in [5, 5.41) is 0. The molecule has 0 aliphatic carbocycles. The third kappa shape index (κ3) is 2.26. The summed E-state index contributed by atoms with van der Waals surface area (Å²) in [7, 11) is 2.17. The molecule has 2 aromatic rings. The van der Waals surface area contributed by atoms with E-state index in [1.54, 1.807) is 12.5 Å². The van der Waals surface area contributed by atoms with Crippen LogP contribution < -0.4 is 0 Å². The van der Waals surface area contributed by atoms with Crippen molar-refractivity contribution < 1.29 is 0 Å². The van der Waals surface area contributed by atoms with E-state index in [0.717, 1.165) is 18.1 Å². The Hall–Kier alpha value is -1.75. The second kappa shape index (κ2) is 4.86. The minimum Gasteiger partial charge on any atom is -0.306 e. The highest BCUT2D eigenvalue weighted by Gasteiger charge is 2.20. The smallest absolute Gasteiger partial charge is 0.156 e. The molecule has 1 aliphatic heterocycles. The molecular formula is C13H17N5. The average molecular weight is 243 g/mol. The molecule has 1 aliphatic rings. The predicted octanol–water partition coefficient (Wildman–Crippen LogP) is 1.47. The second-order valence-electron chi connectivity index (χ2n) is 4.87. The van der Waals surface area contributed by atoms with E-state index in [1.807, 2.05) is 23.2 Å². The number of imidazole rings is 1. The lowest BCUT2D eigenvalue weighted by molar-refractivity contribution is 0.248. The molecule has 0 bridgehead atoms. The Balaban J connectivity index is 1.78. The number of hydrogen-bond acceptors (Lipinski definition) is 4. The van der Waals surface area contributed by atoms with Crippen molar-refractivity contribution in [2.45, 2.75) is 18.8 Å². The molecular weight excluding hydrogens is 226 g/mol. The van der Waals surface area contributed by atoms with Gasteiger partial charge in [-0.2, -0.15) is 0 Å². The summed E-state index contributed by atoms with van der Waals surface area (Å²) in [5.41, 5.74) is 1.10. The molecule has 0 N–H and O–H groups in total. The van der Waals surface area contributed by atoms with Gasteiger partial charge in [-0.05, 0) is 26.4 Å². The fourth-order valence-electron chi connectivity index (χ4n) is 2.48. The second-order valence-corrected chi connectivity index (χ2v) is 4.87. The molecule has 0 amide bonds. The van der Waals surface area contributed by atoms with Crippen LogP contribution in [0.25, 0.3) is 5.82 Å². The molecule has 0 aromatic carbocycles. The largest absolute Gasteiger partial charge is 0.306 e. The van der Waals surface area contributed by atoms with Gasteiger partial charge in [0.25, 0.3) is 0 Å². The van der Waals surface area contributed by atoms with Crippen LogP contribution in [0, 0.1) is 0 Å². The molecule has 5 nitrogen and oxygen atoms in total. The van der Waals surface area contributed by atoms with Gasteiger partial charge in [-0.3, -0.25) is 9.55 Å². The number of piperidine rings is 1. The average Bonchev–Trinajstić information content (AvgIpc) is 2.93. The molecule has 3 rings (SSSR count). The van der Waals surface area contributed by atoms with E-state index < -0.39 is 0 Å². The number of nitrogens with zero attached hydrogens (tertiary/aromatic N) is 5. The fourth-order valence-corrected chi connectivity index (χ4v) is 2.48. The van der Waals surface area contributed by atoms with Crippen LogP contribution in [0.1, 0.15) is 24.5 Å². The van der Waals surface area contributed by atoms with Gasteiger partial charge in [-0.1, -0.05) is 0 Å². The first-order valence-corrected chi connectivity index (χ1v) is 6.32. The Morgan fingerprint density at radius 3 is 2.89 bits per heavy atom. The molecule has 5 heteroatoms. The van der Waals surface area contributed by atoms with E-state index in [1.165, 1.54) is 19.4 Å². The first-order chi connectivity index (χ1) is 8.83. The Labute approximate surface area is 107 Å². The lowest BCUT2D eigenvalue weighted by atomic mass is 9.95.